The number of fused-ring (bicyclic) bond motifs is 1. The fraction of sp³-hybridized carbons (Fsp3) is 0.273. The van der Waals surface area contributed by atoms with Crippen LogP contribution in [0.4, 0.5) is 5.69 Å². The number of nitrogens with zero attached hydrogens (tertiary/aromatic N) is 3. The van der Waals surface area contributed by atoms with Gasteiger partial charge in [-0.15, -0.1) is 4.91 Å². The highest BCUT2D eigenvalue weighted by atomic mass is 16.4. The summed E-state index contributed by atoms with van der Waals surface area (Å²) in [7, 11) is 0. The number of rotatable bonds is 6. The first-order valence-electron chi connectivity index (χ1n) is 9.63. The van der Waals surface area contributed by atoms with Gasteiger partial charge >= 0.3 is 5.97 Å². The molecule has 4 rings (SSSR count). The second kappa shape index (κ2) is 8.46. The van der Waals surface area contributed by atoms with Crippen LogP contribution >= 0.6 is 0 Å². The lowest BCUT2D eigenvalue weighted by Crippen LogP contribution is -2.45. The molecule has 0 saturated carbocycles. The Kier molecular flexibility index (Phi) is 5.59. The minimum absolute atomic E-state index is 0.170. The summed E-state index contributed by atoms with van der Waals surface area (Å²) in [6.07, 6.45) is 3.27. The van der Waals surface area contributed by atoms with E-state index in [1.165, 1.54) is 0 Å². The van der Waals surface area contributed by atoms with Gasteiger partial charge in [0.1, 0.15) is 5.69 Å². The lowest BCUT2D eigenvalue weighted by molar-refractivity contribution is -0.136. The summed E-state index contributed by atoms with van der Waals surface area (Å²) in [6.45, 7) is 3.22. The summed E-state index contributed by atoms with van der Waals surface area (Å²) in [4.78, 5) is 30.1. The second-order valence-corrected chi connectivity index (χ2v) is 7.15. The number of carbonyl (C=O) groups is 1. The van der Waals surface area contributed by atoms with Gasteiger partial charge in [-0.25, -0.2) is 0 Å². The highest BCUT2D eigenvalue weighted by molar-refractivity contribution is 5.96. The van der Waals surface area contributed by atoms with Gasteiger partial charge in [-0.2, -0.15) is 0 Å². The second-order valence-electron chi connectivity index (χ2n) is 7.15. The number of carboxylic acid groups (broad SMARTS) is 1. The highest BCUT2D eigenvalue weighted by Gasteiger charge is 2.30. The molecule has 0 aliphatic carbocycles. The average Bonchev–Trinajstić information content (AvgIpc) is 2.75. The van der Waals surface area contributed by atoms with Gasteiger partial charge in [0.05, 0.1) is 12.5 Å². The van der Waals surface area contributed by atoms with Crippen molar-refractivity contribution >= 4 is 22.4 Å². The largest absolute Gasteiger partial charge is 0.481 e. The van der Waals surface area contributed by atoms with E-state index < -0.39 is 5.97 Å². The Morgan fingerprint density at radius 1 is 1.17 bits per heavy atom. The molecule has 2 N–H and O–H groups in total. The zero-order chi connectivity index (χ0) is 20.2. The molecule has 29 heavy (non-hydrogen) atoms. The van der Waals surface area contributed by atoms with E-state index in [4.69, 9.17) is 0 Å². The molecular formula is C22H22N4O3. The van der Waals surface area contributed by atoms with Crippen molar-refractivity contribution in [2.24, 2.45) is 5.18 Å². The fourth-order valence-corrected chi connectivity index (χ4v) is 4.16. The topological polar surface area (TPSA) is 94.9 Å². The number of aromatic nitrogens is 1. The molecule has 1 saturated heterocycles. The third-order valence-electron chi connectivity index (χ3n) is 5.39. The van der Waals surface area contributed by atoms with E-state index in [9.17, 15) is 14.8 Å². The van der Waals surface area contributed by atoms with Crippen LogP contribution in [-0.2, 0) is 11.2 Å². The number of piperazine rings is 1. The van der Waals surface area contributed by atoms with Crippen molar-refractivity contribution in [1.82, 2.24) is 15.2 Å². The predicted molar refractivity (Wildman–Crippen MR) is 111 cm³/mol. The van der Waals surface area contributed by atoms with Crippen LogP contribution < -0.4 is 5.32 Å². The lowest BCUT2D eigenvalue weighted by Gasteiger charge is -2.37. The maximum absolute atomic E-state index is 12.1. The van der Waals surface area contributed by atoms with Gasteiger partial charge in [-0.1, -0.05) is 30.3 Å². The van der Waals surface area contributed by atoms with Gasteiger partial charge in [0.25, 0.3) is 0 Å². The van der Waals surface area contributed by atoms with Crippen molar-refractivity contribution in [1.29, 1.82) is 0 Å². The molecule has 0 radical (unpaired) electrons. The molecule has 2 aromatic carbocycles. The number of pyridine rings is 1. The molecule has 1 unspecified atom stereocenters. The number of hydrogen-bond acceptors (Lipinski definition) is 6. The summed E-state index contributed by atoms with van der Waals surface area (Å²) in [5.74, 6) is -0.938. The highest BCUT2D eigenvalue weighted by Crippen LogP contribution is 2.42. The van der Waals surface area contributed by atoms with Crippen LogP contribution in [0, 0.1) is 4.91 Å². The third kappa shape index (κ3) is 3.87. The molecule has 0 spiro atoms. The quantitative estimate of drug-likeness (QED) is 0.628. The Bertz CT molecular complexity index is 1030. The molecule has 1 aliphatic rings. The van der Waals surface area contributed by atoms with Crippen molar-refractivity contribution in [3.8, 4) is 0 Å². The minimum Gasteiger partial charge on any atom is -0.481 e. The van der Waals surface area contributed by atoms with Crippen LogP contribution in [0.5, 0.6) is 0 Å². The first-order chi connectivity index (χ1) is 14.2. The zero-order valence-electron chi connectivity index (χ0n) is 15.9. The first-order valence-corrected chi connectivity index (χ1v) is 9.63. The standard InChI is InChI=1S/C22H22N4O3/c27-19(28)14-17-13-16-3-1-2-4-18(16)21(25-29)20(17)22(15-5-7-23-8-6-15)26-11-9-24-10-12-26/h1-8,13,22,24H,9-12,14H2,(H,27,28). The molecule has 0 amide bonds. The Labute approximate surface area is 168 Å². The van der Waals surface area contributed by atoms with Crippen LogP contribution in [0.25, 0.3) is 10.8 Å². The van der Waals surface area contributed by atoms with Gasteiger partial charge in [0.15, 0.2) is 0 Å². The summed E-state index contributed by atoms with van der Waals surface area (Å²) in [5, 5.41) is 17.9. The molecule has 0 bridgehead atoms. The number of hydrogen-bond donors (Lipinski definition) is 2. The van der Waals surface area contributed by atoms with E-state index in [1.54, 1.807) is 12.4 Å². The molecule has 148 valence electrons. The maximum Gasteiger partial charge on any atom is 0.307 e. The smallest absolute Gasteiger partial charge is 0.307 e. The van der Waals surface area contributed by atoms with Crippen molar-refractivity contribution in [3.63, 3.8) is 0 Å². The number of aliphatic carboxylic acids is 1. The Morgan fingerprint density at radius 2 is 1.90 bits per heavy atom. The van der Waals surface area contributed by atoms with E-state index in [0.717, 1.165) is 42.5 Å². The molecule has 1 aliphatic heterocycles. The van der Waals surface area contributed by atoms with Crippen molar-refractivity contribution in [2.75, 3.05) is 26.2 Å². The number of nitroso groups, excluding NO2 is 1. The van der Waals surface area contributed by atoms with E-state index in [2.05, 4.69) is 20.4 Å². The van der Waals surface area contributed by atoms with E-state index in [-0.39, 0.29) is 12.5 Å². The van der Waals surface area contributed by atoms with Gasteiger partial charge in [-0.05, 0) is 33.8 Å². The first kappa shape index (κ1) is 19.2. The van der Waals surface area contributed by atoms with E-state index in [0.29, 0.717) is 16.8 Å². The minimum atomic E-state index is -0.938. The Balaban J connectivity index is 2.00. The summed E-state index contributed by atoms with van der Waals surface area (Å²) < 4.78 is 0. The van der Waals surface area contributed by atoms with E-state index >= 15 is 0 Å². The van der Waals surface area contributed by atoms with Crippen LogP contribution in [0.2, 0.25) is 0 Å². The van der Waals surface area contributed by atoms with Crippen LogP contribution in [-0.4, -0.2) is 47.1 Å². The van der Waals surface area contributed by atoms with Crippen molar-refractivity contribution < 1.29 is 9.90 Å². The molecule has 3 aromatic rings. The molecule has 7 heteroatoms. The predicted octanol–water partition coefficient (Wildman–Crippen LogP) is 3.25. The SMILES string of the molecule is O=Nc1c(C(c2ccncc2)N2CCNCC2)c(CC(=O)O)cc2ccccc12. The molecule has 1 atom stereocenters. The molecule has 2 heterocycles. The lowest BCUT2D eigenvalue weighted by atomic mass is 9.87. The Morgan fingerprint density at radius 3 is 2.59 bits per heavy atom. The number of nitrogens with one attached hydrogen (secondary N) is 1. The monoisotopic (exact) mass is 390 g/mol. The zero-order valence-corrected chi connectivity index (χ0v) is 15.9. The van der Waals surface area contributed by atoms with Gasteiger partial charge in [0, 0.05) is 49.5 Å². The van der Waals surface area contributed by atoms with Gasteiger partial charge < -0.3 is 10.4 Å². The van der Waals surface area contributed by atoms with Crippen LogP contribution in [0.15, 0.2) is 60.0 Å². The number of benzene rings is 2. The normalized spacial score (nSPS) is 15.9. The van der Waals surface area contributed by atoms with Crippen LogP contribution in [0.1, 0.15) is 22.7 Å². The molecule has 1 fully saturated rings. The number of carboxylic acids is 1. The Hall–Kier alpha value is -3.16. The molecule has 7 nitrogen and oxygen atoms in total. The summed E-state index contributed by atoms with van der Waals surface area (Å²) in [5.41, 5.74) is 2.58. The van der Waals surface area contributed by atoms with Gasteiger partial charge in [-0.3, -0.25) is 14.7 Å². The third-order valence-corrected chi connectivity index (χ3v) is 5.39. The molecule has 1 aromatic heterocycles. The fourth-order valence-electron chi connectivity index (χ4n) is 4.16. The maximum atomic E-state index is 12.1. The van der Waals surface area contributed by atoms with Gasteiger partial charge in [0.2, 0.25) is 0 Å². The molecular weight excluding hydrogens is 368 g/mol. The van der Waals surface area contributed by atoms with Crippen molar-refractivity contribution in [3.05, 3.63) is 76.5 Å². The van der Waals surface area contributed by atoms with Crippen LogP contribution in [0.3, 0.4) is 0 Å². The summed E-state index contributed by atoms with van der Waals surface area (Å²) in [6, 6.07) is 12.9. The average molecular weight is 390 g/mol. The van der Waals surface area contributed by atoms with E-state index in [1.807, 2.05) is 42.5 Å². The summed E-state index contributed by atoms with van der Waals surface area (Å²) >= 11 is 0. The van der Waals surface area contributed by atoms with Crippen molar-refractivity contribution in [2.45, 2.75) is 12.5 Å².